The fraction of sp³-hybridized carbons (Fsp3) is 0.333. The molecule has 0 fully saturated rings. The van der Waals surface area contributed by atoms with Crippen molar-refractivity contribution in [2.75, 3.05) is 0 Å². The summed E-state index contributed by atoms with van der Waals surface area (Å²) in [5.74, 6) is -0.0519. The van der Waals surface area contributed by atoms with Crippen molar-refractivity contribution >= 4 is 5.78 Å². The molecular formula is C24H25FN2O. The van der Waals surface area contributed by atoms with Gasteiger partial charge < -0.3 is 0 Å². The van der Waals surface area contributed by atoms with Gasteiger partial charge in [-0.05, 0) is 62.8 Å². The molecule has 1 atom stereocenters. The highest BCUT2D eigenvalue weighted by molar-refractivity contribution is 5.89. The van der Waals surface area contributed by atoms with Crippen molar-refractivity contribution in [3.05, 3.63) is 88.0 Å². The molecule has 0 aliphatic heterocycles. The third kappa shape index (κ3) is 3.07. The average Bonchev–Trinajstić information content (AvgIpc) is 3.21. The molecule has 1 heterocycles. The molecule has 4 rings (SSSR count). The number of halogens is 1. The molecule has 1 aliphatic carbocycles. The zero-order valence-electron chi connectivity index (χ0n) is 16.6. The minimum Gasteiger partial charge on any atom is -0.299 e. The van der Waals surface area contributed by atoms with Crippen LogP contribution in [-0.2, 0) is 29.6 Å². The molecular weight excluding hydrogens is 351 g/mol. The van der Waals surface area contributed by atoms with Gasteiger partial charge in [-0.2, -0.15) is 5.10 Å². The van der Waals surface area contributed by atoms with Crippen LogP contribution in [-0.4, -0.2) is 15.6 Å². The summed E-state index contributed by atoms with van der Waals surface area (Å²) in [7, 11) is 0. The number of aromatic nitrogens is 2. The van der Waals surface area contributed by atoms with Crippen LogP contribution in [0.2, 0.25) is 0 Å². The average molecular weight is 376 g/mol. The molecule has 0 N–H and O–H groups in total. The van der Waals surface area contributed by atoms with Crippen molar-refractivity contribution in [2.45, 2.75) is 52.0 Å². The maximum atomic E-state index is 14.0. The summed E-state index contributed by atoms with van der Waals surface area (Å²) < 4.78 is 15.8. The van der Waals surface area contributed by atoms with E-state index in [0.717, 1.165) is 24.1 Å². The van der Waals surface area contributed by atoms with Gasteiger partial charge in [0.15, 0.2) is 0 Å². The van der Waals surface area contributed by atoms with Gasteiger partial charge >= 0.3 is 0 Å². The number of rotatable bonds is 5. The summed E-state index contributed by atoms with van der Waals surface area (Å²) in [6.45, 7) is 6.29. The fourth-order valence-electron chi connectivity index (χ4n) is 4.40. The van der Waals surface area contributed by atoms with E-state index in [1.165, 1.54) is 22.8 Å². The zero-order chi connectivity index (χ0) is 19.9. The van der Waals surface area contributed by atoms with Crippen LogP contribution in [0.1, 0.15) is 46.9 Å². The van der Waals surface area contributed by atoms with Crippen LogP contribution in [0.3, 0.4) is 0 Å². The second kappa shape index (κ2) is 7.01. The Labute approximate surface area is 165 Å². The maximum Gasteiger partial charge on any atom is 0.140 e. The first kappa shape index (κ1) is 18.6. The van der Waals surface area contributed by atoms with Gasteiger partial charge in [-0.15, -0.1) is 0 Å². The monoisotopic (exact) mass is 376 g/mol. The second-order valence-electron chi connectivity index (χ2n) is 7.95. The minimum absolute atomic E-state index is 0.178. The van der Waals surface area contributed by atoms with Gasteiger partial charge in [0.25, 0.3) is 0 Å². The van der Waals surface area contributed by atoms with Crippen LogP contribution in [0.5, 0.6) is 0 Å². The maximum absolute atomic E-state index is 14.0. The minimum atomic E-state index is -0.540. The third-order valence-corrected chi connectivity index (χ3v) is 6.32. The van der Waals surface area contributed by atoms with Crippen LogP contribution in [0.25, 0.3) is 0 Å². The van der Waals surface area contributed by atoms with Crippen molar-refractivity contribution in [1.82, 2.24) is 9.78 Å². The lowest BCUT2D eigenvalue weighted by Crippen LogP contribution is -2.34. The Morgan fingerprint density at radius 2 is 1.89 bits per heavy atom. The van der Waals surface area contributed by atoms with Crippen LogP contribution in [0.4, 0.5) is 4.39 Å². The number of hydrogen-bond donors (Lipinski definition) is 0. The normalized spacial score (nSPS) is 18.3. The molecule has 0 saturated heterocycles. The number of benzene rings is 2. The molecule has 3 nitrogen and oxygen atoms in total. The Bertz CT molecular complexity index is 1050. The number of aryl methyl sites for hydroxylation is 2. The molecule has 0 bridgehead atoms. The van der Waals surface area contributed by atoms with Crippen LogP contribution >= 0.6 is 0 Å². The lowest BCUT2D eigenvalue weighted by Gasteiger charge is -2.28. The number of carbonyl (C=O) groups is 1. The van der Waals surface area contributed by atoms with Crippen molar-refractivity contribution in [3.63, 3.8) is 0 Å². The number of nitrogens with zero attached hydrogens (tertiary/aromatic N) is 2. The quantitative estimate of drug-likeness (QED) is 0.647. The van der Waals surface area contributed by atoms with Gasteiger partial charge in [-0.1, -0.05) is 36.4 Å². The molecule has 144 valence electrons. The standard InChI is InChI=1S/C24H25FN2O/c1-16-7-6-9-19(17(16)2)13-24(18(3)28)12-11-23-21(24)15-27(26-23)14-20-8-4-5-10-22(20)25/h4-10,15H,11-14H2,1-3H3/t24-/m0/s1. The first-order chi connectivity index (χ1) is 13.4. The number of carbonyl (C=O) groups excluding carboxylic acids is 1. The molecule has 0 saturated carbocycles. The number of hydrogen-bond acceptors (Lipinski definition) is 2. The Morgan fingerprint density at radius 1 is 1.14 bits per heavy atom. The van der Waals surface area contributed by atoms with Crippen LogP contribution in [0.15, 0.2) is 48.7 Å². The van der Waals surface area contributed by atoms with Gasteiger partial charge in [-0.25, -0.2) is 4.39 Å². The molecule has 1 aromatic heterocycles. The molecule has 2 aromatic carbocycles. The summed E-state index contributed by atoms with van der Waals surface area (Å²) in [5, 5.41) is 4.68. The second-order valence-corrected chi connectivity index (χ2v) is 7.95. The van der Waals surface area contributed by atoms with E-state index in [1.807, 2.05) is 12.3 Å². The molecule has 0 unspecified atom stereocenters. The fourth-order valence-corrected chi connectivity index (χ4v) is 4.40. The Kier molecular flexibility index (Phi) is 4.66. The molecule has 0 spiro atoms. The predicted octanol–water partition coefficient (Wildman–Crippen LogP) is 4.70. The molecule has 0 radical (unpaired) electrons. The summed E-state index contributed by atoms with van der Waals surface area (Å²) in [6, 6.07) is 13.0. The van der Waals surface area contributed by atoms with Gasteiger partial charge in [0, 0.05) is 17.3 Å². The molecule has 0 amide bonds. The summed E-state index contributed by atoms with van der Waals surface area (Å²) in [4.78, 5) is 12.9. The van der Waals surface area contributed by atoms with E-state index in [-0.39, 0.29) is 11.6 Å². The van der Waals surface area contributed by atoms with E-state index in [1.54, 1.807) is 23.7 Å². The smallest absolute Gasteiger partial charge is 0.140 e. The SMILES string of the molecule is CC(=O)[C@@]1(Cc2cccc(C)c2C)CCc2nn(Cc3ccccc3F)cc21. The first-order valence-corrected chi connectivity index (χ1v) is 9.77. The molecule has 28 heavy (non-hydrogen) atoms. The molecule has 3 aromatic rings. The van der Waals surface area contributed by atoms with Crippen LogP contribution < -0.4 is 0 Å². The Hall–Kier alpha value is -2.75. The van der Waals surface area contributed by atoms with E-state index >= 15 is 0 Å². The highest BCUT2D eigenvalue weighted by Gasteiger charge is 2.45. The van der Waals surface area contributed by atoms with E-state index in [0.29, 0.717) is 18.5 Å². The summed E-state index contributed by atoms with van der Waals surface area (Å²) in [6.07, 6.45) is 4.22. The number of ketones is 1. The van der Waals surface area contributed by atoms with Gasteiger partial charge in [0.05, 0.1) is 17.7 Å². The number of Topliss-reactive ketones (excluding diaryl/α,β-unsaturated/α-hetero) is 1. The van der Waals surface area contributed by atoms with Crippen LogP contribution in [0, 0.1) is 19.7 Å². The lowest BCUT2D eigenvalue weighted by molar-refractivity contribution is -0.122. The first-order valence-electron chi connectivity index (χ1n) is 9.77. The van der Waals surface area contributed by atoms with Gasteiger partial charge in [-0.3, -0.25) is 9.48 Å². The zero-order valence-corrected chi connectivity index (χ0v) is 16.6. The van der Waals surface area contributed by atoms with Crippen molar-refractivity contribution in [1.29, 1.82) is 0 Å². The van der Waals surface area contributed by atoms with E-state index in [2.05, 4.69) is 37.1 Å². The predicted molar refractivity (Wildman–Crippen MR) is 108 cm³/mol. The largest absolute Gasteiger partial charge is 0.299 e. The van der Waals surface area contributed by atoms with Gasteiger partial charge in [0.1, 0.15) is 11.6 Å². The Morgan fingerprint density at radius 3 is 2.64 bits per heavy atom. The molecule has 4 heteroatoms. The summed E-state index contributed by atoms with van der Waals surface area (Å²) in [5.41, 5.74) is 5.74. The number of fused-ring (bicyclic) bond motifs is 1. The van der Waals surface area contributed by atoms with Crippen molar-refractivity contribution < 1.29 is 9.18 Å². The van der Waals surface area contributed by atoms with E-state index in [4.69, 9.17) is 0 Å². The lowest BCUT2D eigenvalue weighted by atomic mass is 9.73. The van der Waals surface area contributed by atoms with E-state index in [9.17, 15) is 9.18 Å². The highest BCUT2D eigenvalue weighted by Crippen LogP contribution is 2.42. The van der Waals surface area contributed by atoms with Gasteiger partial charge in [0.2, 0.25) is 0 Å². The third-order valence-electron chi connectivity index (χ3n) is 6.32. The Balaban J connectivity index is 1.71. The molecule has 1 aliphatic rings. The highest BCUT2D eigenvalue weighted by atomic mass is 19.1. The summed E-state index contributed by atoms with van der Waals surface area (Å²) >= 11 is 0. The van der Waals surface area contributed by atoms with Crippen molar-refractivity contribution in [2.24, 2.45) is 0 Å². The topological polar surface area (TPSA) is 34.9 Å². The van der Waals surface area contributed by atoms with Crippen molar-refractivity contribution in [3.8, 4) is 0 Å². The van der Waals surface area contributed by atoms with E-state index < -0.39 is 5.41 Å².